The predicted molar refractivity (Wildman–Crippen MR) is 77.7 cm³/mol. The molecule has 1 atom stereocenters. The Morgan fingerprint density at radius 2 is 2.19 bits per heavy atom. The van der Waals surface area contributed by atoms with Crippen LogP contribution in [-0.2, 0) is 0 Å². The topological polar surface area (TPSA) is 52.6 Å². The Bertz CT molecular complexity index is 525. The molecule has 1 saturated heterocycles. The van der Waals surface area contributed by atoms with E-state index in [1.54, 1.807) is 0 Å². The van der Waals surface area contributed by atoms with Crippen molar-refractivity contribution < 1.29 is 14.3 Å². The van der Waals surface area contributed by atoms with Gasteiger partial charge in [0.1, 0.15) is 11.6 Å². The first-order valence-electron chi connectivity index (χ1n) is 7.65. The minimum absolute atomic E-state index is 0.180. The van der Waals surface area contributed by atoms with Crippen LogP contribution in [0, 0.1) is 11.7 Å². The summed E-state index contributed by atoms with van der Waals surface area (Å²) in [7, 11) is 0. The minimum Gasteiger partial charge on any atom is -0.507 e. The molecule has 2 aliphatic rings. The van der Waals surface area contributed by atoms with Crippen LogP contribution in [0.5, 0.6) is 5.75 Å². The number of phenols is 1. The van der Waals surface area contributed by atoms with Gasteiger partial charge >= 0.3 is 0 Å². The van der Waals surface area contributed by atoms with Crippen LogP contribution in [0.4, 0.5) is 4.39 Å². The Morgan fingerprint density at radius 3 is 2.81 bits per heavy atom. The van der Waals surface area contributed by atoms with E-state index >= 15 is 0 Å². The standard InChI is InChI=1S/C16H21FN2O2/c17-12-3-6-14(15(20)8-12)16(21)19(13-4-5-13)10-11-2-1-7-18-9-11/h3,6,8,11,13,18,20H,1-2,4-5,7,9-10H2. The van der Waals surface area contributed by atoms with Crippen LogP contribution in [-0.4, -0.2) is 41.6 Å². The third-order valence-corrected chi connectivity index (χ3v) is 4.29. The Kier molecular flexibility index (Phi) is 4.10. The first-order valence-corrected chi connectivity index (χ1v) is 7.65. The van der Waals surface area contributed by atoms with Crippen LogP contribution in [0.2, 0.25) is 0 Å². The zero-order chi connectivity index (χ0) is 14.8. The number of amides is 1. The molecule has 1 aliphatic heterocycles. The Morgan fingerprint density at radius 1 is 1.38 bits per heavy atom. The van der Waals surface area contributed by atoms with Crippen molar-refractivity contribution in [1.82, 2.24) is 10.2 Å². The summed E-state index contributed by atoms with van der Waals surface area (Å²) in [5.41, 5.74) is 0.201. The summed E-state index contributed by atoms with van der Waals surface area (Å²) in [6.07, 6.45) is 4.31. The highest BCUT2D eigenvalue weighted by atomic mass is 19.1. The molecule has 1 saturated carbocycles. The average molecular weight is 292 g/mol. The number of nitrogens with zero attached hydrogens (tertiary/aromatic N) is 1. The molecule has 2 fully saturated rings. The normalized spacial score (nSPS) is 22.0. The fourth-order valence-corrected chi connectivity index (χ4v) is 2.98. The van der Waals surface area contributed by atoms with Crippen LogP contribution >= 0.6 is 0 Å². The van der Waals surface area contributed by atoms with Gasteiger partial charge in [-0.3, -0.25) is 4.79 Å². The van der Waals surface area contributed by atoms with Gasteiger partial charge in [-0.2, -0.15) is 0 Å². The third-order valence-electron chi connectivity index (χ3n) is 4.29. The third kappa shape index (κ3) is 3.35. The van der Waals surface area contributed by atoms with Crippen LogP contribution in [0.25, 0.3) is 0 Å². The van der Waals surface area contributed by atoms with E-state index in [9.17, 15) is 14.3 Å². The molecule has 0 bridgehead atoms. The number of phenolic OH excluding ortho intramolecular Hbond substituents is 1. The van der Waals surface area contributed by atoms with E-state index in [4.69, 9.17) is 0 Å². The summed E-state index contributed by atoms with van der Waals surface area (Å²) >= 11 is 0. The quantitative estimate of drug-likeness (QED) is 0.894. The zero-order valence-corrected chi connectivity index (χ0v) is 12.0. The lowest BCUT2D eigenvalue weighted by molar-refractivity contribution is 0.0701. The lowest BCUT2D eigenvalue weighted by Crippen LogP contribution is -2.42. The van der Waals surface area contributed by atoms with E-state index in [0.29, 0.717) is 12.5 Å². The van der Waals surface area contributed by atoms with E-state index in [2.05, 4.69) is 5.32 Å². The largest absolute Gasteiger partial charge is 0.507 e. The van der Waals surface area contributed by atoms with Gasteiger partial charge in [0.15, 0.2) is 0 Å². The predicted octanol–water partition coefficient (Wildman–Crippen LogP) is 2.14. The average Bonchev–Trinajstić information content (AvgIpc) is 3.30. The highest BCUT2D eigenvalue weighted by Gasteiger charge is 2.35. The molecule has 0 spiro atoms. The molecule has 2 N–H and O–H groups in total. The van der Waals surface area contributed by atoms with Gasteiger partial charge in [-0.05, 0) is 56.8 Å². The number of nitrogens with one attached hydrogen (secondary N) is 1. The van der Waals surface area contributed by atoms with Crippen LogP contribution in [0.15, 0.2) is 18.2 Å². The van der Waals surface area contributed by atoms with Crippen LogP contribution in [0.1, 0.15) is 36.0 Å². The maximum atomic E-state index is 13.1. The number of piperidine rings is 1. The summed E-state index contributed by atoms with van der Waals surface area (Å²) in [5.74, 6) is -0.516. The highest BCUT2D eigenvalue weighted by Crippen LogP contribution is 2.31. The van der Waals surface area contributed by atoms with E-state index in [0.717, 1.165) is 44.8 Å². The molecule has 0 aromatic heterocycles. The minimum atomic E-state index is -0.529. The molecule has 4 nitrogen and oxygen atoms in total. The van der Waals surface area contributed by atoms with Crippen molar-refractivity contribution >= 4 is 5.91 Å². The molecular formula is C16H21FN2O2. The number of carbonyl (C=O) groups excluding carboxylic acids is 1. The lowest BCUT2D eigenvalue weighted by Gasteiger charge is -2.30. The SMILES string of the molecule is O=C(c1ccc(F)cc1O)N(CC1CCCNC1)C1CC1. The summed E-state index contributed by atoms with van der Waals surface area (Å²) in [6, 6.07) is 3.88. The second-order valence-electron chi connectivity index (χ2n) is 6.06. The number of aromatic hydroxyl groups is 1. The molecule has 114 valence electrons. The second kappa shape index (κ2) is 6.02. The number of halogens is 1. The van der Waals surface area contributed by atoms with Crippen molar-refractivity contribution in [3.8, 4) is 5.75 Å². The molecule has 0 radical (unpaired) electrons. The van der Waals surface area contributed by atoms with Crippen molar-refractivity contribution in [2.24, 2.45) is 5.92 Å². The van der Waals surface area contributed by atoms with Crippen molar-refractivity contribution in [3.05, 3.63) is 29.6 Å². The molecule has 1 aromatic carbocycles. The summed E-state index contributed by atoms with van der Waals surface area (Å²) in [5, 5.41) is 13.2. The molecule has 1 aromatic rings. The van der Waals surface area contributed by atoms with E-state index in [1.807, 2.05) is 4.90 Å². The fraction of sp³-hybridized carbons (Fsp3) is 0.562. The first kappa shape index (κ1) is 14.3. The number of hydrogen-bond donors (Lipinski definition) is 2. The molecule has 5 heteroatoms. The van der Waals surface area contributed by atoms with Crippen LogP contribution < -0.4 is 5.32 Å². The fourth-order valence-electron chi connectivity index (χ4n) is 2.98. The molecular weight excluding hydrogens is 271 g/mol. The number of hydrogen-bond acceptors (Lipinski definition) is 3. The lowest BCUT2D eigenvalue weighted by atomic mass is 9.98. The second-order valence-corrected chi connectivity index (χ2v) is 6.06. The van der Waals surface area contributed by atoms with Gasteiger partial charge in [-0.15, -0.1) is 0 Å². The van der Waals surface area contributed by atoms with Crippen molar-refractivity contribution in [2.75, 3.05) is 19.6 Å². The summed E-state index contributed by atoms with van der Waals surface area (Å²) in [4.78, 5) is 14.5. The first-order chi connectivity index (χ1) is 10.1. The molecule has 1 amide bonds. The smallest absolute Gasteiger partial charge is 0.257 e. The van der Waals surface area contributed by atoms with Gasteiger partial charge in [0.25, 0.3) is 5.91 Å². The number of benzene rings is 1. The van der Waals surface area contributed by atoms with Crippen molar-refractivity contribution in [3.63, 3.8) is 0 Å². The molecule has 1 heterocycles. The number of rotatable bonds is 4. The monoisotopic (exact) mass is 292 g/mol. The van der Waals surface area contributed by atoms with Gasteiger partial charge in [-0.1, -0.05) is 0 Å². The molecule has 21 heavy (non-hydrogen) atoms. The van der Waals surface area contributed by atoms with Crippen LogP contribution in [0.3, 0.4) is 0 Å². The Labute approximate surface area is 124 Å². The molecule has 3 rings (SSSR count). The van der Waals surface area contributed by atoms with E-state index in [-0.39, 0.29) is 23.3 Å². The highest BCUT2D eigenvalue weighted by molar-refractivity contribution is 5.97. The molecule has 1 unspecified atom stereocenters. The van der Waals surface area contributed by atoms with E-state index < -0.39 is 5.82 Å². The summed E-state index contributed by atoms with van der Waals surface area (Å²) < 4.78 is 13.1. The van der Waals surface area contributed by atoms with Gasteiger partial charge in [0.2, 0.25) is 0 Å². The van der Waals surface area contributed by atoms with E-state index in [1.165, 1.54) is 12.1 Å². The number of carbonyl (C=O) groups is 1. The Balaban J connectivity index is 1.75. The Hall–Kier alpha value is -1.62. The van der Waals surface area contributed by atoms with Gasteiger partial charge in [0, 0.05) is 18.7 Å². The maximum Gasteiger partial charge on any atom is 0.257 e. The van der Waals surface area contributed by atoms with Crippen molar-refractivity contribution in [2.45, 2.75) is 31.7 Å². The van der Waals surface area contributed by atoms with Gasteiger partial charge in [-0.25, -0.2) is 4.39 Å². The maximum absolute atomic E-state index is 13.1. The zero-order valence-electron chi connectivity index (χ0n) is 12.0. The summed E-state index contributed by atoms with van der Waals surface area (Å²) in [6.45, 7) is 2.70. The van der Waals surface area contributed by atoms with Gasteiger partial charge in [0.05, 0.1) is 5.56 Å². The van der Waals surface area contributed by atoms with Gasteiger partial charge < -0.3 is 15.3 Å². The molecule has 1 aliphatic carbocycles. The van der Waals surface area contributed by atoms with Crippen molar-refractivity contribution in [1.29, 1.82) is 0 Å².